The van der Waals surface area contributed by atoms with Gasteiger partial charge in [-0.3, -0.25) is 9.59 Å². The quantitative estimate of drug-likeness (QED) is 0.405. The predicted molar refractivity (Wildman–Crippen MR) is 121 cm³/mol. The Balaban J connectivity index is 0.000000128. The molecule has 0 aromatic rings. The Morgan fingerprint density at radius 1 is 0.733 bits per heavy atom. The smallest absolute Gasteiger partial charge is 0.137 e. The summed E-state index contributed by atoms with van der Waals surface area (Å²) in [7, 11) is 0. The van der Waals surface area contributed by atoms with E-state index in [-0.39, 0.29) is 10.8 Å². The Hall–Kier alpha value is -1.18. The normalized spacial score (nSPS) is 48.7. The highest BCUT2D eigenvalue weighted by molar-refractivity contribution is 5.87. The second-order valence-corrected chi connectivity index (χ2v) is 12.5. The van der Waals surface area contributed by atoms with Gasteiger partial charge in [0, 0.05) is 31.1 Å². The summed E-state index contributed by atoms with van der Waals surface area (Å²) in [6, 6.07) is 0. The maximum absolute atomic E-state index is 11.7. The van der Waals surface area contributed by atoms with Crippen molar-refractivity contribution in [2.75, 3.05) is 0 Å². The minimum Gasteiger partial charge on any atom is -0.300 e. The third-order valence-electron chi connectivity index (χ3n) is 11.6. The molecular weight excluding hydrogens is 368 g/mol. The van der Waals surface area contributed by atoms with Gasteiger partial charge in [0.25, 0.3) is 0 Å². The number of fused-ring (bicyclic) bond motifs is 6. The monoisotopic (exact) mass is 408 g/mol. The minimum absolute atomic E-state index is 0.218. The van der Waals surface area contributed by atoms with Crippen molar-refractivity contribution in [1.82, 2.24) is 0 Å². The summed E-state index contributed by atoms with van der Waals surface area (Å²) in [4.78, 5) is 23.4. The van der Waals surface area contributed by atoms with Crippen molar-refractivity contribution in [3.05, 3.63) is 22.3 Å². The Bertz CT molecular complexity index is 906. The highest BCUT2D eigenvalue weighted by Crippen LogP contribution is 2.70. The fourth-order valence-corrected chi connectivity index (χ4v) is 9.60. The molecule has 0 aromatic carbocycles. The highest BCUT2D eigenvalue weighted by Gasteiger charge is 2.63. The zero-order valence-electron chi connectivity index (χ0n) is 20.0. The number of hydrogen-bond donors (Lipinski definition) is 0. The van der Waals surface area contributed by atoms with Crippen molar-refractivity contribution in [2.45, 2.75) is 106 Å². The molecule has 0 heterocycles. The van der Waals surface area contributed by atoms with E-state index in [1.807, 2.05) is 0 Å². The zero-order valence-corrected chi connectivity index (χ0v) is 20.0. The van der Waals surface area contributed by atoms with Gasteiger partial charge in [-0.1, -0.05) is 56.4 Å². The van der Waals surface area contributed by atoms with E-state index in [0.29, 0.717) is 28.3 Å². The number of carbonyl (C=O) groups is 2. The van der Waals surface area contributed by atoms with Gasteiger partial charge in [0.1, 0.15) is 11.6 Å². The Labute approximate surface area is 183 Å². The molecule has 164 valence electrons. The molecule has 6 aliphatic carbocycles. The molecule has 6 rings (SSSR count). The van der Waals surface area contributed by atoms with Gasteiger partial charge in [-0.15, -0.1) is 0 Å². The fourth-order valence-electron chi connectivity index (χ4n) is 9.60. The van der Waals surface area contributed by atoms with Crippen molar-refractivity contribution in [3.63, 3.8) is 0 Å². The lowest BCUT2D eigenvalue weighted by Crippen LogP contribution is -2.35. The maximum Gasteiger partial charge on any atom is 0.137 e. The van der Waals surface area contributed by atoms with E-state index in [2.05, 4.69) is 41.5 Å². The molecule has 0 N–H and O–H groups in total. The molecule has 0 saturated heterocycles. The van der Waals surface area contributed by atoms with Crippen LogP contribution in [0.25, 0.3) is 0 Å². The van der Waals surface area contributed by atoms with Crippen LogP contribution in [0.15, 0.2) is 22.3 Å². The van der Waals surface area contributed by atoms with E-state index in [4.69, 9.17) is 0 Å². The van der Waals surface area contributed by atoms with Gasteiger partial charge in [-0.25, -0.2) is 0 Å². The maximum atomic E-state index is 11.7. The van der Waals surface area contributed by atoms with Gasteiger partial charge >= 0.3 is 0 Å². The van der Waals surface area contributed by atoms with Gasteiger partial charge < -0.3 is 0 Å². The fraction of sp³-hybridized carbons (Fsp3) is 0.786. The molecule has 6 aliphatic rings. The van der Waals surface area contributed by atoms with Crippen LogP contribution in [0.5, 0.6) is 0 Å². The largest absolute Gasteiger partial charge is 0.300 e. The van der Waals surface area contributed by atoms with Crippen LogP contribution in [0.4, 0.5) is 0 Å². The second-order valence-electron chi connectivity index (χ2n) is 12.5. The molecule has 0 unspecified atom stereocenters. The standard InChI is InChI=1S/2C14H20O/c2*1-9-11-5-4-6-13(11,2)14(3)8-10(15)7-12(9)14/h12H,4-8H2,1-3H3;11H,4-8H2,1-3H3/t12-,13+,14-;11-,13-,14+/m10/s1. The average molecular weight is 409 g/mol. The van der Waals surface area contributed by atoms with E-state index in [1.165, 1.54) is 44.1 Å². The van der Waals surface area contributed by atoms with Gasteiger partial charge in [0.2, 0.25) is 0 Å². The minimum atomic E-state index is 0.218. The van der Waals surface area contributed by atoms with Gasteiger partial charge in [-0.05, 0) is 74.0 Å². The van der Waals surface area contributed by atoms with Gasteiger partial charge in [-0.2, -0.15) is 0 Å². The molecule has 0 amide bonds. The summed E-state index contributed by atoms with van der Waals surface area (Å²) in [5, 5.41) is 0. The lowest BCUT2D eigenvalue weighted by Gasteiger charge is -2.40. The van der Waals surface area contributed by atoms with E-state index in [0.717, 1.165) is 31.6 Å². The van der Waals surface area contributed by atoms with E-state index in [9.17, 15) is 9.59 Å². The topological polar surface area (TPSA) is 34.1 Å². The summed E-state index contributed by atoms with van der Waals surface area (Å²) >= 11 is 0. The zero-order chi connectivity index (χ0) is 21.7. The molecular formula is C28H40O2. The number of rotatable bonds is 0. The molecule has 30 heavy (non-hydrogen) atoms. The summed E-state index contributed by atoms with van der Waals surface area (Å²) < 4.78 is 0. The number of ketones is 2. The summed E-state index contributed by atoms with van der Waals surface area (Å²) in [6.07, 6.45) is 11.2. The van der Waals surface area contributed by atoms with Crippen LogP contribution >= 0.6 is 0 Å². The molecule has 0 bridgehead atoms. The summed E-state index contributed by atoms with van der Waals surface area (Å²) in [5.41, 5.74) is 7.61. The molecule has 0 aliphatic heterocycles. The molecule has 2 nitrogen and oxygen atoms in total. The first-order valence-corrected chi connectivity index (χ1v) is 12.4. The van der Waals surface area contributed by atoms with Crippen molar-refractivity contribution < 1.29 is 9.59 Å². The SMILES string of the molecule is CC1=C2CC(=O)C[C@@]2(C)[C@@]2(C)CCC[C@@H]12.CC1=C2CCC[C@]2(C)[C@]2(C)CC(=O)C[C@H]12. The number of hydrogen-bond acceptors (Lipinski definition) is 2. The lowest BCUT2D eigenvalue weighted by molar-refractivity contribution is -0.119. The lowest BCUT2D eigenvalue weighted by atomic mass is 9.63. The Kier molecular flexibility index (Phi) is 4.28. The van der Waals surface area contributed by atoms with Crippen molar-refractivity contribution in [1.29, 1.82) is 0 Å². The Morgan fingerprint density at radius 3 is 2.17 bits per heavy atom. The van der Waals surface area contributed by atoms with E-state index in [1.54, 1.807) is 16.7 Å². The first-order chi connectivity index (χ1) is 14.0. The van der Waals surface area contributed by atoms with E-state index >= 15 is 0 Å². The van der Waals surface area contributed by atoms with Crippen LogP contribution in [-0.2, 0) is 9.59 Å². The first kappa shape index (κ1) is 20.7. The van der Waals surface area contributed by atoms with Crippen LogP contribution in [-0.4, -0.2) is 11.6 Å². The summed E-state index contributed by atoms with van der Waals surface area (Å²) in [5.74, 6) is 2.32. The highest BCUT2D eigenvalue weighted by atomic mass is 16.1. The van der Waals surface area contributed by atoms with Crippen LogP contribution in [0.3, 0.4) is 0 Å². The molecule has 4 saturated carbocycles. The molecule has 4 fully saturated rings. The molecule has 6 atom stereocenters. The van der Waals surface area contributed by atoms with Crippen molar-refractivity contribution >= 4 is 11.6 Å². The van der Waals surface area contributed by atoms with E-state index < -0.39 is 0 Å². The summed E-state index contributed by atoms with van der Waals surface area (Å²) in [6.45, 7) is 14.1. The van der Waals surface area contributed by atoms with Crippen molar-refractivity contribution in [2.24, 2.45) is 33.5 Å². The number of allylic oxidation sites excluding steroid dienone is 4. The number of Topliss-reactive ketones (excluding diaryl/α,β-unsaturated/α-hetero) is 2. The Morgan fingerprint density at radius 2 is 1.43 bits per heavy atom. The second kappa shape index (κ2) is 6.20. The average Bonchev–Trinajstić information content (AvgIpc) is 3.44. The van der Waals surface area contributed by atoms with Gasteiger partial charge in [0.15, 0.2) is 0 Å². The van der Waals surface area contributed by atoms with Crippen molar-refractivity contribution in [3.8, 4) is 0 Å². The molecule has 0 spiro atoms. The first-order valence-electron chi connectivity index (χ1n) is 12.4. The van der Waals surface area contributed by atoms with Crippen LogP contribution < -0.4 is 0 Å². The van der Waals surface area contributed by atoms with Crippen LogP contribution in [0, 0.1) is 33.5 Å². The third-order valence-corrected chi connectivity index (χ3v) is 11.6. The van der Waals surface area contributed by atoms with Crippen LogP contribution in [0.1, 0.15) is 106 Å². The van der Waals surface area contributed by atoms with Crippen LogP contribution in [0.2, 0.25) is 0 Å². The van der Waals surface area contributed by atoms with Gasteiger partial charge in [0.05, 0.1) is 0 Å². The predicted octanol–water partition coefficient (Wildman–Crippen LogP) is 6.98. The third kappa shape index (κ3) is 2.27. The number of carbonyl (C=O) groups excluding carboxylic acids is 2. The molecule has 2 heteroatoms. The molecule has 0 aromatic heterocycles. The molecule has 0 radical (unpaired) electrons.